The minimum Gasteiger partial charge on any atom is -0.490 e. The maximum absolute atomic E-state index is 11.6. The Bertz CT molecular complexity index is 686. The second-order valence-electron chi connectivity index (χ2n) is 4.23. The van der Waals surface area contributed by atoms with Gasteiger partial charge < -0.3 is 9.47 Å². The maximum atomic E-state index is 11.6. The molecule has 3 N–H and O–H groups in total. The molecule has 8 nitrogen and oxygen atoms in total. The first-order valence-corrected chi connectivity index (χ1v) is 6.99. The Balaban J connectivity index is 2.43. The smallest absolute Gasteiger partial charge is 0.349 e. The minimum atomic E-state index is -0.491. The van der Waals surface area contributed by atoms with Gasteiger partial charge in [0.25, 0.3) is 0 Å². The Morgan fingerprint density at radius 2 is 1.86 bits per heavy atom. The van der Waals surface area contributed by atoms with Gasteiger partial charge in [-0.15, -0.1) is 0 Å². The molecule has 0 aliphatic heterocycles. The number of anilines is 1. The third-order valence-corrected chi connectivity index (χ3v) is 2.70. The zero-order chi connectivity index (χ0) is 15.9. The molecule has 22 heavy (non-hydrogen) atoms. The van der Waals surface area contributed by atoms with Crippen LogP contribution in [0.15, 0.2) is 23.0 Å². The molecule has 118 valence electrons. The second kappa shape index (κ2) is 7.41. The number of hydrazine groups is 1. The van der Waals surface area contributed by atoms with E-state index in [0.717, 1.165) is 0 Å². The summed E-state index contributed by atoms with van der Waals surface area (Å²) in [6, 6.07) is 5.36. The molecule has 1 aromatic heterocycles. The molecule has 2 aromatic rings. The predicted molar refractivity (Wildman–Crippen MR) is 83.1 cm³/mol. The highest BCUT2D eigenvalue weighted by Crippen LogP contribution is 2.31. The standard InChI is InChI=1S/C14H19N5O3/c1-4-21-10-7-6-9(8-11(10)22-5-2)12-16-13(19-15-3)18-14(20)17-12/h6-8,15H,4-5H2,1-3H3,(H2,16,17,18,19,20). The summed E-state index contributed by atoms with van der Waals surface area (Å²) in [7, 11) is 1.66. The van der Waals surface area contributed by atoms with Crippen LogP contribution in [0.2, 0.25) is 0 Å². The van der Waals surface area contributed by atoms with Crippen molar-refractivity contribution in [3.63, 3.8) is 0 Å². The number of nitrogens with one attached hydrogen (secondary N) is 3. The molecular weight excluding hydrogens is 286 g/mol. The third kappa shape index (κ3) is 3.73. The lowest BCUT2D eigenvalue weighted by molar-refractivity contribution is 0.288. The minimum absolute atomic E-state index is 0.188. The van der Waals surface area contributed by atoms with E-state index in [1.165, 1.54) is 0 Å². The van der Waals surface area contributed by atoms with Gasteiger partial charge in [-0.1, -0.05) is 0 Å². The highest BCUT2D eigenvalue weighted by atomic mass is 16.5. The molecule has 0 radical (unpaired) electrons. The number of hydrogen-bond acceptors (Lipinski definition) is 7. The molecule has 0 atom stereocenters. The molecule has 0 aliphatic rings. The highest BCUT2D eigenvalue weighted by Gasteiger charge is 2.10. The molecule has 0 saturated heterocycles. The summed E-state index contributed by atoms with van der Waals surface area (Å²) < 4.78 is 11.1. The maximum Gasteiger partial charge on any atom is 0.349 e. The van der Waals surface area contributed by atoms with Crippen molar-refractivity contribution < 1.29 is 9.47 Å². The molecule has 0 aliphatic carbocycles. The summed E-state index contributed by atoms with van der Waals surface area (Å²) >= 11 is 0. The Morgan fingerprint density at radius 1 is 1.14 bits per heavy atom. The molecule has 0 amide bonds. The van der Waals surface area contributed by atoms with Gasteiger partial charge in [-0.25, -0.2) is 10.2 Å². The topological polar surface area (TPSA) is 101 Å². The zero-order valence-corrected chi connectivity index (χ0v) is 12.8. The molecule has 0 unspecified atom stereocenters. The second-order valence-corrected chi connectivity index (χ2v) is 4.23. The summed E-state index contributed by atoms with van der Waals surface area (Å²) in [6.07, 6.45) is 0. The molecule has 0 saturated carbocycles. The van der Waals surface area contributed by atoms with Gasteiger partial charge in [-0.3, -0.25) is 10.4 Å². The quantitative estimate of drug-likeness (QED) is 0.660. The Hall–Kier alpha value is -2.61. The van der Waals surface area contributed by atoms with Crippen molar-refractivity contribution in [1.29, 1.82) is 0 Å². The van der Waals surface area contributed by atoms with E-state index in [-0.39, 0.29) is 5.95 Å². The Labute approximate surface area is 127 Å². The fourth-order valence-electron chi connectivity index (χ4n) is 1.89. The summed E-state index contributed by atoms with van der Waals surface area (Å²) in [5.41, 5.74) is 5.57. The monoisotopic (exact) mass is 305 g/mol. The van der Waals surface area contributed by atoms with Crippen LogP contribution < -0.4 is 26.0 Å². The molecule has 1 heterocycles. The molecule has 1 aromatic carbocycles. The number of aromatic amines is 1. The fraction of sp³-hybridized carbons (Fsp3) is 0.357. The number of benzene rings is 1. The van der Waals surface area contributed by atoms with E-state index in [1.54, 1.807) is 25.2 Å². The van der Waals surface area contributed by atoms with Crippen LogP contribution in [0.1, 0.15) is 13.8 Å². The first-order valence-electron chi connectivity index (χ1n) is 6.99. The van der Waals surface area contributed by atoms with E-state index in [0.29, 0.717) is 36.1 Å². The number of rotatable bonds is 7. The lowest BCUT2D eigenvalue weighted by atomic mass is 10.2. The first-order chi connectivity index (χ1) is 10.7. The normalized spacial score (nSPS) is 10.3. The van der Waals surface area contributed by atoms with Gasteiger partial charge >= 0.3 is 5.69 Å². The van der Waals surface area contributed by atoms with Gasteiger partial charge in [0.05, 0.1) is 13.2 Å². The van der Waals surface area contributed by atoms with E-state index < -0.39 is 5.69 Å². The van der Waals surface area contributed by atoms with Crippen LogP contribution in [0, 0.1) is 0 Å². The predicted octanol–water partition coefficient (Wildman–Crippen LogP) is 1.18. The van der Waals surface area contributed by atoms with Crippen LogP contribution in [0.3, 0.4) is 0 Å². The Morgan fingerprint density at radius 3 is 2.55 bits per heavy atom. The zero-order valence-electron chi connectivity index (χ0n) is 12.8. The lowest BCUT2D eigenvalue weighted by Gasteiger charge is -2.12. The first kappa shape index (κ1) is 15.8. The van der Waals surface area contributed by atoms with Crippen molar-refractivity contribution in [2.75, 3.05) is 25.7 Å². The van der Waals surface area contributed by atoms with E-state index in [9.17, 15) is 4.79 Å². The number of nitrogens with zero attached hydrogens (tertiary/aromatic N) is 2. The van der Waals surface area contributed by atoms with Gasteiger partial charge in [-0.05, 0) is 32.0 Å². The summed E-state index contributed by atoms with van der Waals surface area (Å²) in [6.45, 7) is 4.85. The molecule has 8 heteroatoms. The van der Waals surface area contributed by atoms with Crippen LogP contribution in [-0.2, 0) is 0 Å². The lowest BCUT2D eigenvalue weighted by Crippen LogP contribution is -2.22. The average Bonchev–Trinajstić information content (AvgIpc) is 2.49. The van der Waals surface area contributed by atoms with Crippen molar-refractivity contribution >= 4 is 5.95 Å². The van der Waals surface area contributed by atoms with Crippen molar-refractivity contribution in [3.05, 3.63) is 28.7 Å². The van der Waals surface area contributed by atoms with Gasteiger partial charge in [0.15, 0.2) is 11.5 Å². The van der Waals surface area contributed by atoms with Crippen LogP contribution >= 0.6 is 0 Å². The van der Waals surface area contributed by atoms with Crippen molar-refractivity contribution in [2.45, 2.75) is 13.8 Å². The van der Waals surface area contributed by atoms with Crippen LogP contribution in [0.4, 0.5) is 5.95 Å². The summed E-state index contributed by atoms with van der Waals surface area (Å²) in [4.78, 5) is 22.1. The van der Waals surface area contributed by atoms with Crippen LogP contribution in [0.25, 0.3) is 11.4 Å². The molecule has 2 rings (SSSR count). The van der Waals surface area contributed by atoms with Gasteiger partial charge in [0.1, 0.15) is 5.82 Å². The SMILES string of the molecule is CCOc1ccc(-c2nc(NNC)nc(=O)[nH]2)cc1OCC. The molecule has 0 spiro atoms. The Kier molecular flexibility index (Phi) is 5.31. The van der Waals surface area contributed by atoms with E-state index >= 15 is 0 Å². The molecular formula is C14H19N5O3. The number of aromatic nitrogens is 3. The van der Waals surface area contributed by atoms with E-state index in [4.69, 9.17) is 9.47 Å². The van der Waals surface area contributed by atoms with Crippen molar-refractivity contribution in [1.82, 2.24) is 20.4 Å². The highest BCUT2D eigenvalue weighted by molar-refractivity contribution is 5.61. The van der Waals surface area contributed by atoms with Crippen molar-refractivity contribution in [2.24, 2.45) is 0 Å². The summed E-state index contributed by atoms with van der Waals surface area (Å²) in [5.74, 6) is 1.83. The van der Waals surface area contributed by atoms with Crippen molar-refractivity contribution in [3.8, 4) is 22.9 Å². The van der Waals surface area contributed by atoms with Gasteiger partial charge in [0, 0.05) is 12.6 Å². The fourth-order valence-corrected chi connectivity index (χ4v) is 1.89. The summed E-state index contributed by atoms with van der Waals surface area (Å²) in [5, 5.41) is 0. The van der Waals surface area contributed by atoms with Gasteiger partial charge in [0.2, 0.25) is 5.95 Å². The van der Waals surface area contributed by atoms with E-state index in [2.05, 4.69) is 25.8 Å². The van der Waals surface area contributed by atoms with Crippen LogP contribution in [0.5, 0.6) is 11.5 Å². The molecule has 0 fully saturated rings. The molecule has 0 bridgehead atoms. The number of ether oxygens (including phenoxy) is 2. The van der Waals surface area contributed by atoms with Crippen LogP contribution in [-0.4, -0.2) is 35.2 Å². The number of hydrogen-bond donors (Lipinski definition) is 3. The third-order valence-electron chi connectivity index (χ3n) is 2.70. The van der Waals surface area contributed by atoms with Gasteiger partial charge in [-0.2, -0.15) is 9.97 Å². The average molecular weight is 305 g/mol. The largest absolute Gasteiger partial charge is 0.490 e. The van der Waals surface area contributed by atoms with E-state index in [1.807, 2.05) is 13.8 Å². The number of H-pyrrole nitrogens is 1.